The maximum atomic E-state index is 11.4. The second-order valence-electron chi connectivity index (χ2n) is 4.22. The van der Waals surface area contributed by atoms with Crippen LogP contribution in [0.2, 0.25) is 0 Å². The zero-order valence-corrected chi connectivity index (χ0v) is 10.1. The number of rotatable bonds is 2. The van der Waals surface area contributed by atoms with Gasteiger partial charge in [-0.05, 0) is 25.0 Å². The molecule has 1 aliphatic rings. The zero-order chi connectivity index (χ0) is 11.8. The second-order valence-corrected chi connectivity index (χ2v) is 5.23. The highest BCUT2D eigenvalue weighted by Gasteiger charge is 2.30. The molecule has 0 spiro atoms. The molecule has 0 unspecified atom stereocenters. The van der Waals surface area contributed by atoms with Crippen molar-refractivity contribution in [1.29, 1.82) is 0 Å². The van der Waals surface area contributed by atoms with E-state index in [0.29, 0.717) is 0 Å². The third-order valence-electron chi connectivity index (χ3n) is 3.11. The molecule has 2 N–H and O–H groups in total. The van der Waals surface area contributed by atoms with Gasteiger partial charge in [0.25, 0.3) is 0 Å². The lowest BCUT2D eigenvalue weighted by Gasteiger charge is -2.20. The molecule has 4 nitrogen and oxygen atoms in total. The van der Waals surface area contributed by atoms with Crippen molar-refractivity contribution in [3.05, 3.63) is 24.3 Å². The Hall–Kier alpha value is -1.62. The molecule has 88 valence electrons. The molecule has 1 fully saturated rings. The normalized spacial score (nSPS) is 20.0. The SMILES string of the molecule is NC(=O)[C@@H]1CCCN1c1nc2ccccc2s1. The molecule has 17 heavy (non-hydrogen) atoms. The van der Waals surface area contributed by atoms with Crippen LogP contribution in [0, 0.1) is 0 Å². The Morgan fingerprint density at radius 1 is 1.47 bits per heavy atom. The molecule has 3 rings (SSSR count). The van der Waals surface area contributed by atoms with Crippen LogP contribution in [0.1, 0.15) is 12.8 Å². The molecule has 2 aromatic rings. The Morgan fingerprint density at radius 3 is 3.06 bits per heavy atom. The first kappa shape index (κ1) is 10.5. The maximum Gasteiger partial charge on any atom is 0.240 e. The number of fused-ring (bicyclic) bond motifs is 1. The molecule has 5 heteroatoms. The minimum atomic E-state index is -0.248. The third-order valence-corrected chi connectivity index (χ3v) is 4.18. The van der Waals surface area contributed by atoms with Crippen molar-refractivity contribution in [3.8, 4) is 0 Å². The van der Waals surface area contributed by atoms with E-state index in [1.807, 2.05) is 29.2 Å². The largest absolute Gasteiger partial charge is 0.368 e. The van der Waals surface area contributed by atoms with Crippen LogP contribution >= 0.6 is 11.3 Å². The van der Waals surface area contributed by atoms with Gasteiger partial charge in [0.05, 0.1) is 10.2 Å². The van der Waals surface area contributed by atoms with Gasteiger partial charge in [0, 0.05) is 6.54 Å². The summed E-state index contributed by atoms with van der Waals surface area (Å²) in [5.74, 6) is -0.248. The van der Waals surface area contributed by atoms with Crippen LogP contribution in [0.15, 0.2) is 24.3 Å². The highest BCUT2D eigenvalue weighted by Crippen LogP contribution is 2.32. The number of hydrogen-bond donors (Lipinski definition) is 1. The minimum Gasteiger partial charge on any atom is -0.368 e. The smallest absolute Gasteiger partial charge is 0.240 e. The average Bonchev–Trinajstić information content (AvgIpc) is 2.95. The maximum absolute atomic E-state index is 11.4. The molecule has 1 aromatic heterocycles. The summed E-state index contributed by atoms with van der Waals surface area (Å²) >= 11 is 1.62. The fourth-order valence-corrected chi connectivity index (χ4v) is 3.32. The van der Waals surface area contributed by atoms with Gasteiger partial charge in [0.15, 0.2) is 5.13 Å². The van der Waals surface area contributed by atoms with E-state index in [2.05, 4.69) is 4.98 Å². The Morgan fingerprint density at radius 2 is 2.29 bits per heavy atom. The predicted octanol–water partition coefficient (Wildman–Crippen LogP) is 1.75. The van der Waals surface area contributed by atoms with Gasteiger partial charge in [0.2, 0.25) is 5.91 Å². The highest BCUT2D eigenvalue weighted by molar-refractivity contribution is 7.22. The van der Waals surface area contributed by atoms with E-state index in [-0.39, 0.29) is 11.9 Å². The lowest BCUT2D eigenvalue weighted by molar-refractivity contribution is -0.119. The molecule has 2 heterocycles. The first-order valence-corrected chi connectivity index (χ1v) is 6.49. The first-order valence-electron chi connectivity index (χ1n) is 5.67. The fraction of sp³-hybridized carbons (Fsp3) is 0.333. The number of aromatic nitrogens is 1. The average molecular weight is 247 g/mol. The van der Waals surface area contributed by atoms with Gasteiger partial charge < -0.3 is 10.6 Å². The van der Waals surface area contributed by atoms with E-state index in [4.69, 9.17) is 5.73 Å². The molecular weight excluding hydrogens is 234 g/mol. The lowest BCUT2D eigenvalue weighted by atomic mass is 10.2. The molecule has 0 bridgehead atoms. The van der Waals surface area contributed by atoms with Crippen LogP contribution in [-0.4, -0.2) is 23.5 Å². The number of amides is 1. The molecule has 1 aliphatic heterocycles. The Kier molecular flexibility index (Phi) is 2.48. The molecule has 1 atom stereocenters. The predicted molar refractivity (Wildman–Crippen MR) is 69.2 cm³/mol. The van der Waals surface area contributed by atoms with Crippen molar-refractivity contribution in [2.45, 2.75) is 18.9 Å². The fourth-order valence-electron chi connectivity index (χ4n) is 2.27. The van der Waals surface area contributed by atoms with Gasteiger partial charge in [-0.25, -0.2) is 4.98 Å². The van der Waals surface area contributed by atoms with E-state index in [1.165, 1.54) is 0 Å². The van der Waals surface area contributed by atoms with Crippen molar-refractivity contribution in [2.75, 3.05) is 11.4 Å². The molecule has 1 saturated heterocycles. The first-order chi connectivity index (χ1) is 8.25. The van der Waals surface area contributed by atoms with Gasteiger partial charge in [0.1, 0.15) is 6.04 Å². The number of para-hydroxylation sites is 1. The third kappa shape index (κ3) is 1.76. The number of thiazole rings is 1. The van der Waals surface area contributed by atoms with Crippen LogP contribution in [0.5, 0.6) is 0 Å². The van der Waals surface area contributed by atoms with Gasteiger partial charge in [-0.15, -0.1) is 0 Å². The van der Waals surface area contributed by atoms with E-state index >= 15 is 0 Å². The minimum absolute atomic E-state index is 0.185. The summed E-state index contributed by atoms with van der Waals surface area (Å²) < 4.78 is 1.15. The van der Waals surface area contributed by atoms with Gasteiger partial charge in [-0.3, -0.25) is 4.79 Å². The van der Waals surface area contributed by atoms with Crippen molar-refractivity contribution in [1.82, 2.24) is 4.98 Å². The summed E-state index contributed by atoms with van der Waals surface area (Å²) in [7, 11) is 0. The van der Waals surface area contributed by atoms with Crippen molar-refractivity contribution < 1.29 is 4.79 Å². The van der Waals surface area contributed by atoms with Crippen molar-refractivity contribution in [2.24, 2.45) is 5.73 Å². The standard InChI is InChI=1S/C12H13N3OS/c13-11(16)9-5-3-7-15(9)12-14-8-4-1-2-6-10(8)17-12/h1-2,4,6,9H,3,5,7H2,(H2,13,16)/t9-/m0/s1. The van der Waals surface area contributed by atoms with E-state index in [0.717, 1.165) is 34.7 Å². The number of nitrogens with zero attached hydrogens (tertiary/aromatic N) is 2. The number of anilines is 1. The Labute approximate surface area is 103 Å². The summed E-state index contributed by atoms with van der Waals surface area (Å²) in [6, 6.07) is 7.83. The molecule has 0 radical (unpaired) electrons. The summed E-state index contributed by atoms with van der Waals surface area (Å²) in [6.07, 6.45) is 1.84. The zero-order valence-electron chi connectivity index (χ0n) is 9.30. The van der Waals surface area contributed by atoms with E-state index in [9.17, 15) is 4.79 Å². The summed E-state index contributed by atoms with van der Waals surface area (Å²) in [6.45, 7) is 0.868. The Bertz CT molecular complexity index is 533. The van der Waals surface area contributed by atoms with E-state index < -0.39 is 0 Å². The molecular formula is C12H13N3OS. The molecule has 0 saturated carbocycles. The lowest BCUT2D eigenvalue weighted by Crippen LogP contribution is -2.40. The number of carbonyl (C=O) groups is 1. The highest BCUT2D eigenvalue weighted by atomic mass is 32.1. The second kappa shape index (κ2) is 4.00. The summed E-state index contributed by atoms with van der Waals surface area (Å²) in [5.41, 5.74) is 6.40. The van der Waals surface area contributed by atoms with Crippen LogP contribution in [0.3, 0.4) is 0 Å². The van der Waals surface area contributed by atoms with E-state index in [1.54, 1.807) is 11.3 Å². The van der Waals surface area contributed by atoms with Crippen LogP contribution < -0.4 is 10.6 Å². The number of carbonyl (C=O) groups excluding carboxylic acids is 1. The monoisotopic (exact) mass is 247 g/mol. The molecule has 0 aliphatic carbocycles. The number of benzene rings is 1. The summed E-state index contributed by atoms with van der Waals surface area (Å²) in [4.78, 5) is 18.0. The van der Waals surface area contributed by atoms with Crippen LogP contribution in [-0.2, 0) is 4.79 Å². The van der Waals surface area contributed by atoms with Gasteiger partial charge in [-0.1, -0.05) is 23.5 Å². The van der Waals surface area contributed by atoms with Crippen LogP contribution in [0.25, 0.3) is 10.2 Å². The quantitative estimate of drug-likeness (QED) is 0.879. The Balaban J connectivity index is 2.00. The summed E-state index contributed by atoms with van der Waals surface area (Å²) in [5, 5.41) is 0.910. The van der Waals surface area contributed by atoms with Gasteiger partial charge in [-0.2, -0.15) is 0 Å². The molecule has 1 amide bonds. The number of primary amides is 1. The number of nitrogens with two attached hydrogens (primary N) is 1. The van der Waals surface area contributed by atoms with Crippen molar-refractivity contribution in [3.63, 3.8) is 0 Å². The van der Waals surface area contributed by atoms with Crippen molar-refractivity contribution >= 4 is 32.6 Å². The van der Waals surface area contributed by atoms with Crippen LogP contribution in [0.4, 0.5) is 5.13 Å². The topological polar surface area (TPSA) is 59.2 Å². The number of hydrogen-bond acceptors (Lipinski definition) is 4. The van der Waals surface area contributed by atoms with Gasteiger partial charge >= 0.3 is 0 Å². The molecule has 1 aromatic carbocycles.